The number of amides is 1. The number of aliphatic hydroxyl groups is 1. The standard InChI is InChI=1S/C23H27N5O4/c1-15-17(14-25-16(2)26-15)21(29)19-20(18-6-3-4-7-24-18)28(23(31)22(19)30)9-5-8-27-10-12-32-13-11-27/h3-4,6-7,14,20,29H,5,8-13H2,1-2H3/b21-19+/t20-/m0/s1. The minimum atomic E-state index is -0.762. The van der Waals surface area contributed by atoms with Crippen LogP contribution in [0.2, 0.25) is 0 Å². The highest BCUT2D eigenvalue weighted by molar-refractivity contribution is 6.46. The molecule has 0 spiro atoms. The van der Waals surface area contributed by atoms with Crippen molar-refractivity contribution in [3.05, 3.63) is 58.9 Å². The molecule has 4 rings (SSSR count). The van der Waals surface area contributed by atoms with Gasteiger partial charge in [-0.15, -0.1) is 0 Å². The number of ether oxygens (including phenoxy) is 1. The number of hydrogen-bond acceptors (Lipinski definition) is 8. The maximum absolute atomic E-state index is 13.1. The van der Waals surface area contributed by atoms with Gasteiger partial charge in [0, 0.05) is 38.6 Å². The zero-order chi connectivity index (χ0) is 22.7. The van der Waals surface area contributed by atoms with Crippen LogP contribution in [0.4, 0.5) is 0 Å². The third kappa shape index (κ3) is 4.39. The molecule has 4 heterocycles. The third-order valence-electron chi connectivity index (χ3n) is 5.84. The summed E-state index contributed by atoms with van der Waals surface area (Å²) in [6.07, 6.45) is 3.79. The van der Waals surface area contributed by atoms with Gasteiger partial charge in [0.05, 0.1) is 35.7 Å². The molecule has 32 heavy (non-hydrogen) atoms. The van der Waals surface area contributed by atoms with E-state index < -0.39 is 17.7 Å². The van der Waals surface area contributed by atoms with Crippen molar-refractivity contribution in [2.45, 2.75) is 26.3 Å². The fourth-order valence-electron chi connectivity index (χ4n) is 4.21. The zero-order valence-corrected chi connectivity index (χ0v) is 18.3. The fourth-order valence-corrected chi connectivity index (χ4v) is 4.21. The molecule has 2 fully saturated rings. The summed E-state index contributed by atoms with van der Waals surface area (Å²) in [6.45, 7) is 7.78. The molecule has 2 aliphatic rings. The number of aromatic nitrogens is 3. The van der Waals surface area contributed by atoms with E-state index >= 15 is 0 Å². The van der Waals surface area contributed by atoms with Crippen LogP contribution >= 0.6 is 0 Å². The second-order valence-electron chi connectivity index (χ2n) is 7.97. The quantitative estimate of drug-likeness (QED) is 0.413. The maximum Gasteiger partial charge on any atom is 0.295 e. The lowest BCUT2D eigenvalue weighted by atomic mass is 9.98. The predicted molar refractivity (Wildman–Crippen MR) is 117 cm³/mol. The number of Topliss-reactive ketones (excluding diaryl/α,β-unsaturated/α-hetero) is 1. The van der Waals surface area contributed by atoms with Crippen molar-refractivity contribution in [2.75, 3.05) is 39.4 Å². The summed E-state index contributed by atoms with van der Waals surface area (Å²) in [5.74, 6) is -1.06. The van der Waals surface area contributed by atoms with Gasteiger partial charge in [0.2, 0.25) is 0 Å². The molecule has 2 aromatic rings. The second-order valence-corrected chi connectivity index (χ2v) is 7.97. The fraction of sp³-hybridized carbons (Fsp3) is 0.435. The van der Waals surface area contributed by atoms with Crippen LogP contribution in [0, 0.1) is 13.8 Å². The molecule has 168 valence electrons. The molecule has 0 aromatic carbocycles. The van der Waals surface area contributed by atoms with E-state index in [1.807, 2.05) is 0 Å². The molecule has 0 aliphatic carbocycles. The summed E-state index contributed by atoms with van der Waals surface area (Å²) in [5.41, 5.74) is 1.43. The van der Waals surface area contributed by atoms with Gasteiger partial charge in [0.25, 0.3) is 11.7 Å². The Morgan fingerprint density at radius 2 is 1.94 bits per heavy atom. The highest BCUT2D eigenvalue weighted by Crippen LogP contribution is 2.38. The molecule has 1 amide bonds. The van der Waals surface area contributed by atoms with Crippen LogP contribution in [0.1, 0.15) is 35.2 Å². The van der Waals surface area contributed by atoms with Gasteiger partial charge in [-0.3, -0.25) is 19.5 Å². The zero-order valence-electron chi connectivity index (χ0n) is 18.3. The van der Waals surface area contributed by atoms with E-state index in [0.29, 0.717) is 49.0 Å². The monoisotopic (exact) mass is 437 g/mol. The van der Waals surface area contributed by atoms with Crippen molar-refractivity contribution in [3.8, 4) is 0 Å². The van der Waals surface area contributed by atoms with Gasteiger partial charge in [0.1, 0.15) is 17.6 Å². The van der Waals surface area contributed by atoms with Gasteiger partial charge in [0.15, 0.2) is 0 Å². The molecule has 9 nitrogen and oxygen atoms in total. The van der Waals surface area contributed by atoms with Crippen LogP contribution in [-0.2, 0) is 14.3 Å². The van der Waals surface area contributed by atoms with E-state index in [9.17, 15) is 14.7 Å². The van der Waals surface area contributed by atoms with E-state index in [-0.39, 0.29) is 11.3 Å². The molecular weight excluding hydrogens is 410 g/mol. The van der Waals surface area contributed by atoms with Crippen LogP contribution in [0.15, 0.2) is 36.2 Å². The number of pyridine rings is 1. The summed E-state index contributed by atoms with van der Waals surface area (Å²) in [5, 5.41) is 11.1. The first-order valence-corrected chi connectivity index (χ1v) is 10.8. The van der Waals surface area contributed by atoms with Gasteiger partial charge in [-0.1, -0.05) is 6.07 Å². The van der Waals surface area contributed by atoms with E-state index in [2.05, 4.69) is 19.9 Å². The van der Waals surface area contributed by atoms with Crippen molar-refractivity contribution < 1.29 is 19.4 Å². The molecule has 1 atom stereocenters. The molecule has 9 heteroatoms. The first-order valence-electron chi connectivity index (χ1n) is 10.8. The second kappa shape index (κ2) is 9.54. The number of carbonyl (C=O) groups excluding carboxylic acids is 2. The maximum atomic E-state index is 13.1. The van der Waals surface area contributed by atoms with Gasteiger partial charge in [-0.2, -0.15) is 0 Å². The lowest BCUT2D eigenvalue weighted by molar-refractivity contribution is -0.140. The smallest absolute Gasteiger partial charge is 0.295 e. The SMILES string of the molecule is Cc1ncc(/C(O)=C2\C(=O)C(=O)N(CCCN3CCOCC3)[C@H]2c2ccccn2)c(C)n1. The lowest BCUT2D eigenvalue weighted by Crippen LogP contribution is -2.39. The molecule has 2 aromatic heterocycles. The Morgan fingerprint density at radius 1 is 1.16 bits per heavy atom. The topological polar surface area (TPSA) is 109 Å². The van der Waals surface area contributed by atoms with E-state index in [0.717, 1.165) is 19.6 Å². The third-order valence-corrected chi connectivity index (χ3v) is 5.84. The Kier molecular flexibility index (Phi) is 6.57. The average molecular weight is 438 g/mol. The number of aliphatic hydroxyl groups excluding tert-OH is 1. The number of nitrogens with zero attached hydrogens (tertiary/aromatic N) is 5. The van der Waals surface area contributed by atoms with Crippen molar-refractivity contribution in [2.24, 2.45) is 0 Å². The number of aryl methyl sites for hydroxylation is 2. The number of carbonyl (C=O) groups is 2. The van der Waals surface area contributed by atoms with Crippen LogP contribution in [0.5, 0.6) is 0 Å². The van der Waals surface area contributed by atoms with Gasteiger partial charge in [-0.05, 0) is 32.4 Å². The first-order chi connectivity index (χ1) is 15.5. The number of ketones is 1. The molecule has 0 unspecified atom stereocenters. The summed E-state index contributed by atoms with van der Waals surface area (Å²) < 4.78 is 5.38. The number of likely N-dealkylation sites (tertiary alicyclic amines) is 1. The van der Waals surface area contributed by atoms with Crippen molar-refractivity contribution in [3.63, 3.8) is 0 Å². The Bertz CT molecular complexity index is 1030. The number of hydrogen-bond donors (Lipinski definition) is 1. The van der Waals surface area contributed by atoms with E-state index in [1.54, 1.807) is 38.2 Å². The summed E-state index contributed by atoms with van der Waals surface area (Å²) >= 11 is 0. The Hall–Kier alpha value is -3.17. The van der Waals surface area contributed by atoms with Crippen LogP contribution < -0.4 is 0 Å². The summed E-state index contributed by atoms with van der Waals surface area (Å²) in [7, 11) is 0. The summed E-state index contributed by atoms with van der Waals surface area (Å²) in [6, 6.07) is 4.57. The first kappa shape index (κ1) is 22.0. The highest BCUT2D eigenvalue weighted by atomic mass is 16.5. The highest BCUT2D eigenvalue weighted by Gasteiger charge is 2.46. The molecule has 0 bridgehead atoms. The van der Waals surface area contributed by atoms with E-state index in [1.165, 1.54) is 11.1 Å². The molecule has 2 saturated heterocycles. The van der Waals surface area contributed by atoms with Crippen molar-refractivity contribution in [1.82, 2.24) is 24.8 Å². The number of rotatable bonds is 6. The molecular formula is C23H27N5O4. The van der Waals surface area contributed by atoms with Crippen molar-refractivity contribution >= 4 is 17.4 Å². The van der Waals surface area contributed by atoms with Gasteiger partial charge < -0.3 is 14.7 Å². The van der Waals surface area contributed by atoms with Crippen LogP contribution in [-0.4, -0.2) is 80.9 Å². The Morgan fingerprint density at radius 3 is 2.62 bits per heavy atom. The molecule has 0 saturated carbocycles. The van der Waals surface area contributed by atoms with Crippen LogP contribution in [0.3, 0.4) is 0 Å². The van der Waals surface area contributed by atoms with Crippen molar-refractivity contribution in [1.29, 1.82) is 0 Å². The Balaban J connectivity index is 1.67. The normalized spacial score (nSPS) is 21.3. The lowest BCUT2D eigenvalue weighted by Gasteiger charge is -2.28. The van der Waals surface area contributed by atoms with E-state index in [4.69, 9.17) is 4.74 Å². The minimum Gasteiger partial charge on any atom is -0.507 e. The molecule has 2 aliphatic heterocycles. The largest absolute Gasteiger partial charge is 0.507 e. The predicted octanol–water partition coefficient (Wildman–Crippen LogP) is 1.63. The minimum absolute atomic E-state index is 0.0237. The Labute approximate surface area is 186 Å². The summed E-state index contributed by atoms with van der Waals surface area (Å²) in [4.78, 5) is 42.7. The molecule has 1 N–H and O–H groups in total. The number of morpholine rings is 1. The van der Waals surface area contributed by atoms with Gasteiger partial charge >= 0.3 is 0 Å². The molecule has 0 radical (unpaired) electrons. The van der Waals surface area contributed by atoms with Crippen LogP contribution in [0.25, 0.3) is 5.76 Å². The average Bonchev–Trinajstić information content (AvgIpc) is 3.05. The van der Waals surface area contributed by atoms with Gasteiger partial charge in [-0.25, -0.2) is 9.97 Å².